The molecule has 2 saturated heterocycles. The van der Waals surface area contributed by atoms with E-state index in [1.807, 2.05) is 12.1 Å². The summed E-state index contributed by atoms with van der Waals surface area (Å²) in [6.45, 7) is 2.43. The Kier molecular flexibility index (Phi) is 6.99. The van der Waals surface area contributed by atoms with E-state index in [2.05, 4.69) is 25.7 Å². The summed E-state index contributed by atoms with van der Waals surface area (Å²) in [4.78, 5) is 25.4. The Bertz CT molecular complexity index is 905. The van der Waals surface area contributed by atoms with Crippen molar-refractivity contribution in [3.8, 4) is 0 Å². The van der Waals surface area contributed by atoms with Gasteiger partial charge < -0.3 is 9.80 Å². The third kappa shape index (κ3) is 5.31. The molecule has 2 atom stereocenters. The Morgan fingerprint density at radius 3 is 2.74 bits per heavy atom. The molecule has 166 valence electrons. The highest BCUT2D eigenvalue weighted by Gasteiger charge is 2.25. The Labute approximate surface area is 187 Å². The average Bonchev–Trinajstić information content (AvgIpc) is 3.47. The fraction of sp³-hybridized carbons (Fsp3) is 0.500. The molecular formula is C22H28ClFN6O. The number of benzene rings is 1. The molecule has 1 amide bonds. The number of nitrogens with zero attached hydrogens (tertiary/aromatic N) is 4. The van der Waals surface area contributed by atoms with E-state index in [0.29, 0.717) is 18.5 Å². The molecule has 2 aliphatic heterocycles. The molecule has 0 aliphatic carbocycles. The van der Waals surface area contributed by atoms with Crippen LogP contribution in [0.4, 0.5) is 10.3 Å². The van der Waals surface area contributed by atoms with Crippen molar-refractivity contribution < 1.29 is 9.18 Å². The topological polar surface area (TPSA) is 73.4 Å². The van der Waals surface area contributed by atoms with Crippen molar-refractivity contribution in [3.63, 3.8) is 0 Å². The number of rotatable bonds is 7. The molecule has 2 fully saturated rings. The summed E-state index contributed by atoms with van der Waals surface area (Å²) in [6.07, 6.45) is 6.42. The highest BCUT2D eigenvalue weighted by Crippen LogP contribution is 2.25. The summed E-state index contributed by atoms with van der Waals surface area (Å²) in [5.41, 5.74) is 7.91. The van der Waals surface area contributed by atoms with Crippen LogP contribution in [-0.2, 0) is 0 Å². The van der Waals surface area contributed by atoms with Gasteiger partial charge in [0.25, 0.3) is 5.91 Å². The van der Waals surface area contributed by atoms with Gasteiger partial charge in [0.1, 0.15) is 5.82 Å². The molecule has 1 aromatic carbocycles. The second-order valence-corrected chi connectivity index (χ2v) is 8.66. The minimum absolute atomic E-state index is 0.161. The van der Waals surface area contributed by atoms with Crippen molar-refractivity contribution >= 4 is 23.5 Å². The molecule has 2 aromatic rings. The minimum Gasteiger partial charge on any atom is -0.341 e. The third-order valence-electron chi connectivity index (χ3n) is 5.97. The maximum absolute atomic E-state index is 13.1. The molecule has 0 spiro atoms. The Hall–Kier alpha value is -2.29. The van der Waals surface area contributed by atoms with E-state index in [1.54, 1.807) is 11.9 Å². The van der Waals surface area contributed by atoms with Gasteiger partial charge in [-0.1, -0.05) is 23.7 Å². The smallest absolute Gasteiger partial charge is 0.273 e. The molecule has 2 N–H and O–H groups in total. The molecule has 0 radical (unpaired) electrons. The number of carbonyl (C=O) groups excluding carboxylic acids is 1. The second-order valence-electron chi connectivity index (χ2n) is 8.26. The zero-order valence-corrected chi connectivity index (χ0v) is 18.4. The van der Waals surface area contributed by atoms with E-state index in [-0.39, 0.29) is 28.5 Å². The van der Waals surface area contributed by atoms with Gasteiger partial charge >= 0.3 is 0 Å². The Morgan fingerprint density at radius 1 is 1.26 bits per heavy atom. The summed E-state index contributed by atoms with van der Waals surface area (Å²) in [5.74, 6) is 0.163. The Balaban J connectivity index is 1.27. The van der Waals surface area contributed by atoms with Gasteiger partial charge in [0, 0.05) is 38.8 Å². The van der Waals surface area contributed by atoms with Gasteiger partial charge in [-0.3, -0.25) is 15.6 Å². The molecular weight excluding hydrogens is 419 g/mol. The zero-order valence-electron chi connectivity index (χ0n) is 17.7. The summed E-state index contributed by atoms with van der Waals surface area (Å²) >= 11 is 6.23. The molecule has 2 unspecified atom stereocenters. The van der Waals surface area contributed by atoms with Gasteiger partial charge in [-0.15, -0.1) is 0 Å². The van der Waals surface area contributed by atoms with Crippen molar-refractivity contribution in [1.29, 1.82) is 0 Å². The zero-order chi connectivity index (χ0) is 21.8. The van der Waals surface area contributed by atoms with E-state index >= 15 is 0 Å². The fourth-order valence-electron chi connectivity index (χ4n) is 4.16. The van der Waals surface area contributed by atoms with Crippen LogP contribution >= 0.6 is 11.6 Å². The van der Waals surface area contributed by atoms with Crippen molar-refractivity contribution in [2.45, 2.75) is 44.2 Å². The maximum atomic E-state index is 13.1. The lowest BCUT2D eigenvalue weighted by Crippen LogP contribution is -2.33. The van der Waals surface area contributed by atoms with Gasteiger partial charge in [-0.2, -0.15) is 0 Å². The second kappa shape index (κ2) is 9.89. The summed E-state index contributed by atoms with van der Waals surface area (Å²) < 4.78 is 13.1. The Morgan fingerprint density at radius 2 is 2.00 bits per heavy atom. The lowest BCUT2D eigenvalue weighted by atomic mass is 9.99. The first-order valence-corrected chi connectivity index (χ1v) is 11.2. The van der Waals surface area contributed by atoms with E-state index in [0.717, 1.165) is 50.8 Å². The van der Waals surface area contributed by atoms with Crippen LogP contribution in [0.2, 0.25) is 5.02 Å². The molecule has 2 aliphatic rings. The van der Waals surface area contributed by atoms with Crippen LogP contribution in [0.3, 0.4) is 0 Å². The summed E-state index contributed by atoms with van der Waals surface area (Å²) in [7, 11) is 1.78. The van der Waals surface area contributed by atoms with E-state index < -0.39 is 0 Å². The monoisotopic (exact) mass is 446 g/mol. The number of hydrogen-bond acceptors (Lipinski definition) is 6. The largest absolute Gasteiger partial charge is 0.341 e. The third-order valence-corrected chi connectivity index (χ3v) is 6.25. The van der Waals surface area contributed by atoms with Crippen LogP contribution < -0.4 is 15.8 Å². The predicted molar refractivity (Wildman–Crippen MR) is 119 cm³/mol. The first-order chi connectivity index (χ1) is 15.0. The van der Waals surface area contributed by atoms with Gasteiger partial charge in [0.15, 0.2) is 5.69 Å². The molecule has 9 heteroatoms. The number of anilines is 1. The van der Waals surface area contributed by atoms with Crippen LogP contribution in [-0.4, -0.2) is 53.5 Å². The first kappa shape index (κ1) is 21.9. The van der Waals surface area contributed by atoms with Gasteiger partial charge in [-0.05, 0) is 49.8 Å². The number of nitrogens with one attached hydrogen (secondary N) is 2. The fourth-order valence-corrected chi connectivity index (χ4v) is 4.33. The van der Waals surface area contributed by atoms with Gasteiger partial charge in [-0.25, -0.2) is 14.4 Å². The normalized spacial score (nSPS) is 20.9. The van der Waals surface area contributed by atoms with Crippen molar-refractivity contribution in [1.82, 2.24) is 25.7 Å². The molecule has 7 nitrogen and oxygen atoms in total. The van der Waals surface area contributed by atoms with Gasteiger partial charge in [0.2, 0.25) is 5.95 Å². The maximum Gasteiger partial charge on any atom is 0.273 e. The standard InChI is InChI=1S/C22H28ClFN6O/c1-29(21(31)20-18(23)14-25-22(26-20)30-11-2-3-12-30)10-4-5-17-13-19(28-27-17)15-6-8-16(24)9-7-15/h6-9,14,17,19,27-28H,2-5,10-13H2,1H3. The van der Waals surface area contributed by atoms with Crippen LogP contribution in [0.15, 0.2) is 30.5 Å². The van der Waals surface area contributed by atoms with E-state index in [9.17, 15) is 9.18 Å². The molecule has 3 heterocycles. The molecule has 1 aromatic heterocycles. The average molecular weight is 447 g/mol. The van der Waals surface area contributed by atoms with Crippen LogP contribution in [0.1, 0.15) is 54.2 Å². The van der Waals surface area contributed by atoms with Crippen molar-refractivity contribution in [2.75, 3.05) is 31.6 Å². The van der Waals surface area contributed by atoms with Crippen molar-refractivity contribution in [2.24, 2.45) is 0 Å². The quantitative estimate of drug-likeness (QED) is 0.679. The first-order valence-electron chi connectivity index (χ1n) is 10.8. The predicted octanol–water partition coefficient (Wildman–Crippen LogP) is 3.33. The number of amides is 1. The molecule has 0 bridgehead atoms. The molecule has 4 rings (SSSR count). The highest BCUT2D eigenvalue weighted by molar-refractivity contribution is 6.33. The SMILES string of the molecule is CN(CCCC1CC(c2ccc(F)cc2)NN1)C(=O)c1nc(N2CCCC2)ncc1Cl. The van der Waals surface area contributed by atoms with E-state index in [1.165, 1.54) is 18.3 Å². The number of aromatic nitrogens is 2. The summed E-state index contributed by atoms with van der Waals surface area (Å²) in [5, 5.41) is 0.281. The summed E-state index contributed by atoms with van der Waals surface area (Å²) in [6, 6.07) is 7.05. The molecule has 0 saturated carbocycles. The van der Waals surface area contributed by atoms with Crippen LogP contribution in [0, 0.1) is 5.82 Å². The highest BCUT2D eigenvalue weighted by atomic mass is 35.5. The van der Waals surface area contributed by atoms with Crippen molar-refractivity contribution in [3.05, 3.63) is 52.6 Å². The number of hydrogen-bond donors (Lipinski definition) is 2. The lowest BCUT2D eigenvalue weighted by molar-refractivity contribution is 0.0786. The van der Waals surface area contributed by atoms with Gasteiger partial charge in [0.05, 0.1) is 11.2 Å². The number of halogens is 2. The van der Waals surface area contributed by atoms with Crippen LogP contribution in [0.25, 0.3) is 0 Å². The van der Waals surface area contributed by atoms with Crippen LogP contribution in [0.5, 0.6) is 0 Å². The minimum atomic E-state index is -0.227. The number of hydrazine groups is 1. The van der Waals surface area contributed by atoms with E-state index in [4.69, 9.17) is 11.6 Å². The molecule has 31 heavy (non-hydrogen) atoms. The lowest BCUT2D eigenvalue weighted by Gasteiger charge is -2.20. The number of carbonyl (C=O) groups is 1.